The first-order valence-electron chi connectivity index (χ1n) is 5.78. The normalized spacial score (nSPS) is 9.70. The fourth-order valence-corrected chi connectivity index (χ4v) is 1.46. The first kappa shape index (κ1) is 16.2. The highest BCUT2D eigenvalue weighted by molar-refractivity contribution is 9.11. The van der Waals surface area contributed by atoms with Crippen LogP contribution >= 0.6 is 15.9 Å². The highest BCUT2D eigenvalue weighted by Crippen LogP contribution is 2.13. The third kappa shape index (κ3) is 6.35. The SMILES string of the molecule is C=C(Br)CNC(=O)Nc1ccc(NC(=O)COC)cc1. The molecule has 6 nitrogen and oxygen atoms in total. The molecule has 0 aliphatic carbocycles. The minimum atomic E-state index is -0.332. The number of benzene rings is 1. The molecule has 108 valence electrons. The van der Waals surface area contributed by atoms with Crippen molar-refractivity contribution in [2.24, 2.45) is 0 Å². The van der Waals surface area contributed by atoms with Crippen molar-refractivity contribution < 1.29 is 14.3 Å². The van der Waals surface area contributed by atoms with Gasteiger partial charge in [0, 0.05) is 23.0 Å². The second-order valence-electron chi connectivity index (χ2n) is 3.88. The third-order valence-electron chi connectivity index (χ3n) is 2.14. The Labute approximate surface area is 125 Å². The van der Waals surface area contributed by atoms with Crippen LogP contribution in [0.2, 0.25) is 0 Å². The summed E-state index contributed by atoms with van der Waals surface area (Å²) in [5.41, 5.74) is 1.25. The predicted octanol–water partition coefficient (Wildman–Crippen LogP) is 2.30. The second-order valence-corrected chi connectivity index (χ2v) is 5.00. The van der Waals surface area contributed by atoms with E-state index in [9.17, 15) is 9.59 Å². The number of hydrogen-bond acceptors (Lipinski definition) is 3. The van der Waals surface area contributed by atoms with E-state index in [0.29, 0.717) is 22.4 Å². The summed E-state index contributed by atoms with van der Waals surface area (Å²) in [6, 6.07) is 6.41. The zero-order valence-corrected chi connectivity index (χ0v) is 12.6. The summed E-state index contributed by atoms with van der Waals surface area (Å²) in [6.45, 7) is 3.96. The lowest BCUT2D eigenvalue weighted by atomic mass is 10.3. The molecule has 0 aromatic heterocycles. The van der Waals surface area contributed by atoms with Gasteiger partial charge in [-0.3, -0.25) is 4.79 Å². The highest BCUT2D eigenvalue weighted by Gasteiger charge is 2.03. The molecule has 0 bridgehead atoms. The first-order valence-corrected chi connectivity index (χ1v) is 6.57. The quantitative estimate of drug-likeness (QED) is 0.742. The molecule has 0 heterocycles. The summed E-state index contributed by atoms with van der Waals surface area (Å²) in [5, 5.41) is 7.92. The van der Waals surface area contributed by atoms with Gasteiger partial charge >= 0.3 is 6.03 Å². The molecule has 0 radical (unpaired) electrons. The van der Waals surface area contributed by atoms with Gasteiger partial charge in [0.05, 0.1) is 6.54 Å². The predicted molar refractivity (Wildman–Crippen MR) is 82.0 cm³/mol. The monoisotopic (exact) mass is 341 g/mol. The van der Waals surface area contributed by atoms with Gasteiger partial charge in [0.15, 0.2) is 0 Å². The van der Waals surface area contributed by atoms with E-state index in [1.807, 2.05) is 0 Å². The van der Waals surface area contributed by atoms with E-state index in [1.165, 1.54) is 7.11 Å². The van der Waals surface area contributed by atoms with Crippen molar-refractivity contribution in [3.05, 3.63) is 35.3 Å². The van der Waals surface area contributed by atoms with Gasteiger partial charge in [-0.15, -0.1) is 0 Å². The third-order valence-corrected chi connectivity index (χ3v) is 2.42. The number of urea groups is 1. The number of carbonyl (C=O) groups excluding carboxylic acids is 2. The topological polar surface area (TPSA) is 79.5 Å². The van der Waals surface area contributed by atoms with Gasteiger partial charge in [0.25, 0.3) is 0 Å². The zero-order chi connectivity index (χ0) is 15.0. The Morgan fingerprint density at radius 3 is 2.25 bits per heavy atom. The molecule has 0 aliphatic heterocycles. The molecule has 20 heavy (non-hydrogen) atoms. The number of halogens is 1. The van der Waals surface area contributed by atoms with Gasteiger partial charge < -0.3 is 20.7 Å². The fourth-order valence-electron chi connectivity index (χ4n) is 1.32. The number of hydrogen-bond donors (Lipinski definition) is 3. The number of carbonyl (C=O) groups is 2. The molecule has 0 saturated carbocycles. The lowest BCUT2D eigenvalue weighted by Gasteiger charge is -2.08. The Bertz CT molecular complexity index is 488. The van der Waals surface area contributed by atoms with Crippen molar-refractivity contribution in [2.45, 2.75) is 0 Å². The Kier molecular flexibility index (Phi) is 6.75. The average Bonchev–Trinajstić information content (AvgIpc) is 2.39. The summed E-state index contributed by atoms with van der Waals surface area (Å²) in [4.78, 5) is 22.8. The van der Waals surface area contributed by atoms with Crippen LogP contribution < -0.4 is 16.0 Å². The molecule has 3 amide bonds. The molecular formula is C13H16BrN3O3. The molecule has 1 aromatic carbocycles. The molecule has 0 saturated heterocycles. The van der Waals surface area contributed by atoms with Crippen LogP contribution in [0.3, 0.4) is 0 Å². The summed E-state index contributed by atoms with van der Waals surface area (Å²) >= 11 is 3.15. The molecular weight excluding hydrogens is 326 g/mol. The molecule has 0 aliphatic rings. The Morgan fingerprint density at radius 2 is 1.75 bits per heavy atom. The van der Waals surface area contributed by atoms with Crippen LogP contribution in [0.4, 0.5) is 16.2 Å². The Hall–Kier alpha value is -1.86. The number of ether oxygens (including phenoxy) is 1. The van der Waals surface area contributed by atoms with Crippen molar-refractivity contribution in [1.82, 2.24) is 5.32 Å². The van der Waals surface area contributed by atoms with Gasteiger partial charge in [0.1, 0.15) is 6.61 Å². The van der Waals surface area contributed by atoms with Crippen LogP contribution in [0, 0.1) is 0 Å². The maximum absolute atomic E-state index is 11.5. The largest absolute Gasteiger partial charge is 0.375 e. The Balaban J connectivity index is 2.47. The maximum Gasteiger partial charge on any atom is 0.319 e. The highest BCUT2D eigenvalue weighted by atomic mass is 79.9. The smallest absolute Gasteiger partial charge is 0.319 e. The molecule has 0 spiro atoms. The molecule has 3 N–H and O–H groups in total. The summed E-state index contributed by atoms with van der Waals surface area (Å²) in [6.07, 6.45) is 0. The number of methoxy groups -OCH3 is 1. The standard InChI is InChI=1S/C13H16BrN3O3/c1-9(14)7-15-13(19)17-11-5-3-10(4-6-11)16-12(18)8-20-2/h3-6H,1,7-8H2,2H3,(H,16,18)(H2,15,17,19). The second kappa shape index (κ2) is 8.34. The molecule has 0 atom stereocenters. The van der Waals surface area contributed by atoms with E-state index in [1.54, 1.807) is 24.3 Å². The van der Waals surface area contributed by atoms with Crippen molar-refractivity contribution in [1.29, 1.82) is 0 Å². The van der Waals surface area contributed by atoms with Crippen LogP contribution in [0.15, 0.2) is 35.3 Å². The summed E-state index contributed by atoms with van der Waals surface area (Å²) in [5.74, 6) is -0.234. The van der Waals surface area contributed by atoms with E-state index in [4.69, 9.17) is 4.74 Å². The molecule has 1 rings (SSSR count). The molecule has 7 heteroatoms. The van der Waals surface area contributed by atoms with E-state index >= 15 is 0 Å². The van der Waals surface area contributed by atoms with Gasteiger partial charge in [-0.25, -0.2) is 4.79 Å². The van der Waals surface area contributed by atoms with Crippen LogP contribution in [-0.4, -0.2) is 32.2 Å². The minimum absolute atomic E-state index is 0.00115. The Morgan fingerprint density at radius 1 is 1.20 bits per heavy atom. The van der Waals surface area contributed by atoms with E-state index in [2.05, 4.69) is 38.5 Å². The number of anilines is 2. The van der Waals surface area contributed by atoms with Gasteiger partial charge in [0.2, 0.25) is 5.91 Å². The lowest BCUT2D eigenvalue weighted by molar-refractivity contribution is -0.119. The van der Waals surface area contributed by atoms with E-state index in [-0.39, 0.29) is 18.5 Å². The van der Waals surface area contributed by atoms with E-state index in [0.717, 1.165) is 0 Å². The van der Waals surface area contributed by atoms with Gasteiger partial charge in [-0.2, -0.15) is 0 Å². The lowest BCUT2D eigenvalue weighted by Crippen LogP contribution is -2.29. The number of rotatable bonds is 6. The number of nitrogens with one attached hydrogen (secondary N) is 3. The van der Waals surface area contributed by atoms with Crippen molar-refractivity contribution in [2.75, 3.05) is 30.9 Å². The average molecular weight is 342 g/mol. The summed E-state index contributed by atoms with van der Waals surface area (Å²) in [7, 11) is 1.45. The molecule has 0 unspecified atom stereocenters. The van der Waals surface area contributed by atoms with Gasteiger partial charge in [-0.1, -0.05) is 22.5 Å². The van der Waals surface area contributed by atoms with Gasteiger partial charge in [-0.05, 0) is 24.3 Å². The summed E-state index contributed by atoms with van der Waals surface area (Å²) < 4.78 is 5.39. The minimum Gasteiger partial charge on any atom is -0.375 e. The maximum atomic E-state index is 11.5. The number of amides is 3. The van der Waals surface area contributed by atoms with Crippen molar-refractivity contribution in [3.8, 4) is 0 Å². The first-order chi connectivity index (χ1) is 9.51. The van der Waals surface area contributed by atoms with Crippen molar-refractivity contribution >= 4 is 39.2 Å². The molecule has 0 fully saturated rings. The van der Waals surface area contributed by atoms with Crippen LogP contribution in [0.25, 0.3) is 0 Å². The van der Waals surface area contributed by atoms with Crippen molar-refractivity contribution in [3.63, 3.8) is 0 Å². The zero-order valence-electron chi connectivity index (χ0n) is 11.0. The van der Waals surface area contributed by atoms with Crippen LogP contribution in [0.5, 0.6) is 0 Å². The fraction of sp³-hybridized carbons (Fsp3) is 0.231. The van der Waals surface area contributed by atoms with Crippen LogP contribution in [0.1, 0.15) is 0 Å². The van der Waals surface area contributed by atoms with Crippen LogP contribution in [-0.2, 0) is 9.53 Å². The molecule has 1 aromatic rings. The van der Waals surface area contributed by atoms with E-state index < -0.39 is 0 Å².